The smallest absolute Gasteiger partial charge is 0.140 e. The topological polar surface area (TPSA) is 13.1 Å². The molecule has 9 aromatic rings. The number of benzene rings is 8. The zero-order chi connectivity index (χ0) is 37.1. The molecule has 0 fully saturated rings. The molecule has 1 aromatic heterocycles. The molecule has 56 heavy (non-hydrogen) atoms. The zero-order valence-electron chi connectivity index (χ0n) is 31.6. The molecule has 2 unspecified atom stereocenters. The van der Waals surface area contributed by atoms with Crippen molar-refractivity contribution in [1.29, 1.82) is 0 Å². The Balaban J connectivity index is 1.03. The summed E-state index contributed by atoms with van der Waals surface area (Å²) in [5.74, 6) is 0.564. The van der Waals surface area contributed by atoms with Crippen molar-refractivity contribution in [2.75, 3.05) is 0 Å². The third-order valence-electron chi connectivity index (χ3n) is 13.4. The fourth-order valence-electron chi connectivity index (χ4n) is 11.1. The minimum Gasteiger partial charge on any atom is -0.456 e. The molecule has 0 saturated carbocycles. The molecular weight excluding hydrogens is 677 g/mol. The largest absolute Gasteiger partial charge is 0.456 e. The molecule has 0 spiro atoms. The number of para-hydroxylation sites is 1. The minimum absolute atomic E-state index is 0.173. The molecule has 0 radical (unpaired) electrons. The molecule has 3 aliphatic carbocycles. The maximum absolute atomic E-state index is 6.85. The van der Waals surface area contributed by atoms with Gasteiger partial charge in [-0.15, -0.1) is 0 Å². The first kappa shape index (κ1) is 31.9. The summed E-state index contributed by atoms with van der Waals surface area (Å²) in [6, 6.07) is 51.5. The monoisotopic (exact) mass is 716 g/mol. The quantitative estimate of drug-likeness (QED) is 0.166. The van der Waals surface area contributed by atoms with Crippen molar-refractivity contribution in [3.63, 3.8) is 0 Å². The Morgan fingerprint density at radius 2 is 1.09 bits per heavy atom. The van der Waals surface area contributed by atoms with E-state index in [1.54, 1.807) is 0 Å². The maximum atomic E-state index is 6.85. The van der Waals surface area contributed by atoms with Gasteiger partial charge in [-0.3, -0.25) is 0 Å². The van der Waals surface area contributed by atoms with E-state index in [0.29, 0.717) is 5.92 Å². The minimum atomic E-state index is -0.173. The second kappa shape index (κ2) is 11.8. The van der Waals surface area contributed by atoms with Crippen LogP contribution in [0.3, 0.4) is 0 Å². The normalized spacial score (nSPS) is 18.8. The van der Waals surface area contributed by atoms with Crippen molar-refractivity contribution in [3.8, 4) is 0 Å². The van der Waals surface area contributed by atoms with Gasteiger partial charge in [-0.1, -0.05) is 183 Å². The standard InChI is InChI=1S/C55H40O/c1-55(2)47-30-29-36(32-46(47)51-43-24-9-10-25-44(43)52-45-26-11-12-28-48(45)56-54(52)53(51)55)50-41-22-7-5-20-39(41)49(40-21-6-8-23-42(40)50)35-18-13-17-34(31-35)38-27-14-16-33-15-3-4-19-37(33)38/h3-30,34,46H,31-32H2,1-2H3. The predicted octanol–water partition coefficient (Wildman–Crippen LogP) is 15.1. The van der Waals surface area contributed by atoms with Crippen molar-refractivity contribution < 1.29 is 4.42 Å². The molecule has 8 aromatic carbocycles. The van der Waals surface area contributed by atoms with Crippen LogP contribution < -0.4 is 0 Å². The highest BCUT2D eigenvalue weighted by molar-refractivity contribution is 6.22. The SMILES string of the molecule is CC1(C)C2=CC=C(c3c4ccccc4c(C4=CC=CC(c5cccc6ccccc56)C4)c4ccccc34)CC2c2c1c1oc3ccccc3c1c1ccccc21. The summed E-state index contributed by atoms with van der Waals surface area (Å²) in [4.78, 5) is 0. The Labute approximate surface area is 326 Å². The average molecular weight is 717 g/mol. The molecular formula is C55H40O. The van der Waals surface area contributed by atoms with Crippen LogP contribution >= 0.6 is 0 Å². The molecule has 12 rings (SSSR count). The molecule has 1 nitrogen and oxygen atoms in total. The van der Waals surface area contributed by atoms with Crippen LogP contribution in [0.1, 0.15) is 66.3 Å². The van der Waals surface area contributed by atoms with Crippen molar-refractivity contribution >= 4 is 76.2 Å². The molecule has 0 N–H and O–H groups in total. The first-order valence-electron chi connectivity index (χ1n) is 20.1. The van der Waals surface area contributed by atoms with Crippen molar-refractivity contribution in [1.82, 2.24) is 0 Å². The van der Waals surface area contributed by atoms with Gasteiger partial charge in [-0.25, -0.2) is 0 Å². The Kier molecular flexibility index (Phi) is 6.70. The van der Waals surface area contributed by atoms with Gasteiger partial charge >= 0.3 is 0 Å². The van der Waals surface area contributed by atoms with Crippen LogP contribution in [-0.2, 0) is 5.41 Å². The number of allylic oxidation sites excluding steroid dienone is 8. The van der Waals surface area contributed by atoms with Crippen LogP contribution in [-0.4, -0.2) is 0 Å². The highest BCUT2D eigenvalue weighted by Crippen LogP contribution is 2.60. The van der Waals surface area contributed by atoms with Crippen LogP contribution in [0.15, 0.2) is 180 Å². The number of fused-ring (bicyclic) bond motifs is 13. The Bertz CT molecular complexity index is 3220. The Morgan fingerprint density at radius 1 is 0.518 bits per heavy atom. The predicted molar refractivity (Wildman–Crippen MR) is 238 cm³/mol. The summed E-state index contributed by atoms with van der Waals surface area (Å²) in [5.41, 5.74) is 13.1. The molecule has 0 saturated heterocycles. The second-order valence-corrected chi connectivity index (χ2v) is 16.6. The number of rotatable bonds is 3. The van der Waals surface area contributed by atoms with Crippen molar-refractivity contribution in [3.05, 3.63) is 203 Å². The summed E-state index contributed by atoms with van der Waals surface area (Å²) < 4.78 is 6.85. The van der Waals surface area contributed by atoms with E-state index in [1.165, 1.54) is 98.4 Å². The summed E-state index contributed by atoms with van der Waals surface area (Å²) in [6.45, 7) is 4.82. The lowest BCUT2D eigenvalue weighted by molar-refractivity contribution is 0.597. The van der Waals surface area contributed by atoms with Crippen LogP contribution in [0.5, 0.6) is 0 Å². The van der Waals surface area contributed by atoms with E-state index in [0.717, 1.165) is 24.0 Å². The third-order valence-corrected chi connectivity index (χ3v) is 13.4. The zero-order valence-corrected chi connectivity index (χ0v) is 31.6. The van der Waals surface area contributed by atoms with Crippen LogP contribution in [0, 0.1) is 0 Å². The van der Waals surface area contributed by atoms with E-state index in [9.17, 15) is 0 Å². The van der Waals surface area contributed by atoms with Crippen molar-refractivity contribution in [2.24, 2.45) is 0 Å². The van der Waals surface area contributed by atoms with Gasteiger partial charge in [0.1, 0.15) is 11.2 Å². The summed E-state index contributed by atoms with van der Waals surface area (Å²) >= 11 is 0. The van der Waals surface area contributed by atoms with E-state index >= 15 is 0 Å². The highest BCUT2D eigenvalue weighted by atomic mass is 16.3. The average Bonchev–Trinajstić information content (AvgIpc) is 3.75. The highest BCUT2D eigenvalue weighted by Gasteiger charge is 2.46. The van der Waals surface area contributed by atoms with E-state index in [1.807, 2.05) is 0 Å². The van der Waals surface area contributed by atoms with E-state index in [-0.39, 0.29) is 11.3 Å². The van der Waals surface area contributed by atoms with E-state index < -0.39 is 0 Å². The summed E-state index contributed by atoms with van der Waals surface area (Å²) in [5, 5.41) is 13.1. The molecule has 266 valence electrons. The number of hydrogen-bond donors (Lipinski definition) is 0. The Hall–Kier alpha value is -6.44. The molecule has 1 heterocycles. The van der Waals surface area contributed by atoms with Gasteiger partial charge in [0.05, 0.1) is 0 Å². The van der Waals surface area contributed by atoms with Crippen LogP contribution in [0.25, 0.3) is 76.2 Å². The molecule has 0 aliphatic heterocycles. The van der Waals surface area contributed by atoms with Gasteiger partial charge in [0.15, 0.2) is 0 Å². The lowest BCUT2D eigenvalue weighted by Crippen LogP contribution is -2.18. The maximum Gasteiger partial charge on any atom is 0.140 e. The van der Waals surface area contributed by atoms with Gasteiger partial charge in [0.25, 0.3) is 0 Å². The first-order valence-corrected chi connectivity index (χ1v) is 20.1. The molecule has 1 heteroatoms. The van der Waals surface area contributed by atoms with Crippen molar-refractivity contribution in [2.45, 2.75) is 43.9 Å². The summed E-state index contributed by atoms with van der Waals surface area (Å²) in [7, 11) is 0. The fraction of sp³-hybridized carbons (Fsp3) is 0.127. The van der Waals surface area contributed by atoms with E-state index in [2.05, 4.69) is 184 Å². The lowest BCUT2D eigenvalue weighted by atomic mass is 9.74. The van der Waals surface area contributed by atoms with Gasteiger partial charge < -0.3 is 4.42 Å². The van der Waals surface area contributed by atoms with Crippen LogP contribution in [0.2, 0.25) is 0 Å². The first-order chi connectivity index (χ1) is 27.6. The van der Waals surface area contributed by atoms with Crippen LogP contribution in [0.4, 0.5) is 0 Å². The summed E-state index contributed by atoms with van der Waals surface area (Å²) in [6.07, 6.45) is 13.9. The third kappa shape index (κ3) is 4.37. The van der Waals surface area contributed by atoms with Gasteiger partial charge in [0, 0.05) is 33.6 Å². The molecule has 0 amide bonds. The van der Waals surface area contributed by atoms with Gasteiger partial charge in [-0.2, -0.15) is 0 Å². The fourth-order valence-corrected chi connectivity index (χ4v) is 11.1. The Morgan fingerprint density at radius 3 is 1.80 bits per heavy atom. The van der Waals surface area contributed by atoms with Gasteiger partial charge in [0.2, 0.25) is 0 Å². The second-order valence-electron chi connectivity index (χ2n) is 16.6. The molecule has 3 aliphatic rings. The number of furan rings is 1. The number of hydrogen-bond acceptors (Lipinski definition) is 1. The lowest BCUT2D eigenvalue weighted by Gasteiger charge is -2.29. The van der Waals surface area contributed by atoms with Gasteiger partial charge in [-0.05, 0) is 95.4 Å². The molecule has 2 atom stereocenters. The van der Waals surface area contributed by atoms with E-state index in [4.69, 9.17) is 4.42 Å². The molecule has 0 bridgehead atoms.